The first-order valence-electron chi connectivity index (χ1n) is 4.44. The molecular weight excluding hydrogens is 196 g/mol. The second kappa shape index (κ2) is 3.94. The lowest BCUT2D eigenvalue weighted by Gasteiger charge is -2.08. The number of nitrogens with zero attached hydrogens (tertiary/aromatic N) is 1. The van der Waals surface area contributed by atoms with Gasteiger partial charge in [-0.1, -0.05) is 0 Å². The molecule has 0 saturated carbocycles. The molecule has 0 saturated heterocycles. The third-order valence-electron chi connectivity index (χ3n) is 2.20. The van der Waals surface area contributed by atoms with Crippen molar-refractivity contribution in [2.45, 2.75) is 19.4 Å². The molecule has 4 heteroatoms. The molecule has 2 heterocycles. The van der Waals surface area contributed by atoms with Crippen molar-refractivity contribution in [1.82, 2.24) is 4.98 Å². The van der Waals surface area contributed by atoms with Crippen molar-refractivity contribution in [1.29, 1.82) is 0 Å². The maximum atomic E-state index is 6.05. The number of rotatable bonds is 3. The van der Waals surface area contributed by atoms with Crippen LogP contribution in [0.15, 0.2) is 28.5 Å². The Morgan fingerprint density at radius 1 is 1.64 bits per heavy atom. The van der Waals surface area contributed by atoms with Crippen molar-refractivity contribution >= 4 is 11.3 Å². The summed E-state index contributed by atoms with van der Waals surface area (Å²) in [5.74, 6) is 0.905. The zero-order chi connectivity index (χ0) is 9.97. The lowest BCUT2D eigenvalue weighted by atomic mass is 10.1. The summed E-state index contributed by atoms with van der Waals surface area (Å²) in [6.45, 7) is 1.93. The van der Waals surface area contributed by atoms with E-state index in [2.05, 4.69) is 4.98 Å². The molecule has 0 aliphatic heterocycles. The third-order valence-corrected chi connectivity index (χ3v) is 3.00. The molecule has 0 aliphatic carbocycles. The van der Waals surface area contributed by atoms with E-state index >= 15 is 0 Å². The lowest BCUT2D eigenvalue weighted by Crippen LogP contribution is -2.12. The van der Waals surface area contributed by atoms with E-state index in [9.17, 15) is 0 Å². The first kappa shape index (κ1) is 9.43. The number of aromatic nitrogens is 1. The van der Waals surface area contributed by atoms with Gasteiger partial charge in [0, 0.05) is 29.1 Å². The minimum atomic E-state index is 0.00852. The Kier molecular flexibility index (Phi) is 2.65. The predicted octanol–water partition coefficient (Wildman–Crippen LogP) is 2.29. The maximum absolute atomic E-state index is 6.05. The van der Waals surface area contributed by atoms with Crippen LogP contribution in [-0.4, -0.2) is 4.98 Å². The molecule has 2 aromatic rings. The van der Waals surface area contributed by atoms with Crippen LogP contribution in [0.3, 0.4) is 0 Å². The van der Waals surface area contributed by atoms with Crippen LogP contribution in [0.2, 0.25) is 0 Å². The average Bonchev–Trinajstić information content (AvgIpc) is 2.75. The van der Waals surface area contributed by atoms with Gasteiger partial charge in [-0.2, -0.15) is 0 Å². The number of aryl methyl sites for hydroxylation is 1. The molecule has 0 radical (unpaired) electrons. The highest BCUT2D eigenvalue weighted by molar-refractivity contribution is 7.09. The molecule has 1 unspecified atom stereocenters. The van der Waals surface area contributed by atoms with Crippen LogP contribution >= 0.6 is 11.3 Å². The summed E-state index contributed by atoms with van der Waals surface area (Å²) < 4.78 is 5.21. The van der Waals surface area contributed by atoms with E-state index in [-0.39, 0.29) is 6.04 Å². The molecule has 0 bridgehead atoms. The SMILES string of the molecule is Cc1occc1C(N)Cc1cncs1. The standard InChI is InChI=1S/C10H12N2OS/c1-7-9(2-3-13-7)10(11)4-8-5-12-6-14-8/h2-3,5-6,10H,4,11H2,1H3. The summed E-state index contributed by atoms with van der Waals surface area (Å²) >= 11 is 1.63. The first-order chi connectivity index (χ1) is 6.77. The van der Waals surface area contributed by atoms with E-state index in [1.165, 1.54) is 4.88 Å². The molecule has 14 heavy (non-hydrogen) atoms. The van der Waals surface area contributed by atoms with Crippen molar-refractivity contribution in [2.75, 3.05) is 0 Å². The van der Waals surface area contributed by atoms with Gasteiger partial charge in [0.2, 0.25) is 0 Å². The van der Waals surface area contributed by atoms with Crippen LogP contribution < -0.4 is 5.73 Å². The molecule has 1 atom stereocenters. The topological polar surface area (TPSA) is 52.0 Å². The van der Waals surface area contributed by atoms with Crippen LogP contribution in [0.4, 0.5) is 0 Å². The van der Waals surface area contributed by atoms with Crippen molar-refractivity contribution < 1.29 is 4.42 Å². The Morgan fingerprint density at radius 3 is 3.07 bits per heavy atom. The average molecular weight is 208 g/mol. The predicted molar refractivity (Wildman–Crippen MR) is 56.2 cm³/mol. The van der Waals surface area contributed by atoms with Gasteiger partial charge in [-0.05, 0) is 13.0 Å². The van der Waals surface area contributed by atoms with Crippen LogP contribution in [0, 0.1) is 6.92 Å². The summed E-state index contributed by atoms with van der Waals surface area (Å²) in [7, 11) is 0. The fourth-order valence-electron chi connectivity index (χ4n) is 1.45. The Hall–Kier alpha value is -1.13. The molecule has 74 valence electrons. The summed E-state index contributed by atoms with van der Waals surface area (Å²) in [5, 5.41) is 0. The van der Waals surface area contributed by atoms with E-state index < -0.39 is 0 Å². The van der Waals surface area contributed by atoms with Crippen molar-refractivity contribution in [3.05, 3.63) is 40.2 Å². The Bertz CT molecular complexity index is 394. The van der Waals surface area contributed by atoms with Gasteiger partial charge in [0.25, 0.3) is 0 Å². The van der Waals surface area contributed by atoms with Gasteiger partial charge in [0.05, 0.1) is 11.8 Å². The smallest absolute Gasteiger partial charge is 0.105 e. The normalized spacial score (nSPS) is 13.0. The summed E-state index contributed by atoms with van der Waals surface area (Å²) in [5.41, 5.74) is 8.96. The molecule has 3 nitrogen and oxygen atoms in total. The third kappa shape index (κ3) is 1.86. The van der Waals surface area contributed by atoms with Gasteiger partial charge in [0.1, 0.15) is 5.76 Å². The van der Waals surface area contributed by atoms with E-state index in [0.29, 0.717) is 0 Å². The molecule has 0 amide bonds. The molecule has 0 spiro atoms. The van der Waals surface area contributed by atoms with Gasteiger partial charge in [0.15, 0.2) is 0 Å². The molecule has 2 rings (SSSR count). The number of hydrogen-bond donors (Lipinski definition) is 1. The monoisotopic (exact) mass is 208 g/mol. The summed E-state index contributed by atoms with van der Waals surface area (Å²) in [4.78, 5) is 5.23. The zero-order valence-electron chi connectivity index (χ0n) is 7.93. The largest absolute Gasteiger partial charge is 0.469 e. The summed E-state index contributed by atoms with van der Waals surface area (Å²) in [6.07, 6.45) is 4.36. The lowest BCUT2D eigenvalue weighted by molar-refractivity contribution is 0.524. The van der Waals surface area contributed by atoms with E-state index in [1.54, 1.807) is 17.6 Å². The van der Waals surface area contributed by atoms with Crippen molar-refractivity contribution in [3.63, 3.8) is 0 Å². The highest BCUT2D eigenvalue weighted by Gasteiger charge is 2.12. The maximum Gasteiger partial charge on any atom is 0.105 e. The number of hydrogen-bond acceptors (Lipinski definition) is 4. The first-order valence-corrected chi connectivity index (χ1v) is 5.32. The van der Waals surface area contributed by atoms with Gasteiger partial charge >= 0.3 is 0 Å². The second-order valence-corrected chi connectivity index (χ2v) is 4.18. The molecule has 0 aliphatic rings. The highest BCUT2D eigenvalue weighted by Crippen LogP contribution is 2.21. The molecule has 0 aromatic carbocycles. The van der Waals surface area contributed by atoms with Gasteiger partial charge in [-0.25, -0.2) is 0 Å². The number of thiazole rings is 1. The summed E-state index contributed by atoms with van der Waals surface area (Å²) in [6, 6.07) is 1.94. The van der Waals surface area contributed by atoms with Crippen LogP contribution in [-0.2, 0) is 6.42 Å². The Labute approximate surface area is 86.6 Å². The van der Waals surface area contributed by atoms with Crippen LogP contribution in [0.1, 0.15) is 22.2 Å². The van der Waals surface area contributed by atoms with E-state index in [0.717, 1.165) is 17.7 Å². The second-order valence-electron chi connectivity index (χ2n) is 3.21. The van der Waals surface area contributed by atoms with E-state index in [4.69, 9.17) is 10.2 Å². The Balaban J connectivity index is 2.10. The zero-order valence-corrected chi connectivity index (χ0v) is 8.75. The number of nitrogens with two attached hydrogens (primary N) is 1. The van der Waals surface area contributed by atoms with Gasteiger partial charge in [-0.3, -0.25) is 4.98 Å². The minimum absolute atomic E-state index is 0.00852. The number of furan rings is 1. The molecule has 2 N–H and O–H groups in total. The van der Waals surface area contributed by atoms with Gasteiger partial charge < -0.3 is 10.2 Å². The molecular formula is C10H12N2OS. The van der Waals surface area contributed by atoms with Crippen molar-refractivity contribution in [3.8, 4) is 0 Å². The molecule has 0 fully saturated rings. The fraction of sp³-hybridized carbons (Fsp3) is 0.300. The quantitative estimate of drug-likeness (QED) is 0.842. The van der Waals surface area contributed by atoms with E-state index in [1.807, 2.05) is 24.7 Å². The van der Waals surface area contributed by atoms with Gasteiger partial charge in [-0.15, -0.1) is 11.3 Å². The van der Waals surface area contributed by atoms with Crippen molar-refractivity contribution in [2.24, 2.45) is 5.73 Å². The fourth-order valence-corrected chi connectivity index (χ4v) is 2.10. The van der Waals surface area contributed by atoms with Crippen LogP contribution in [0.5, 0.6) is 0 Å². The highest BCUT2D eigenvalue weighted by atomic mass is 32.1. The molecule has 2 aromatic heterocycles. The minimum Gasteiger partial charge on any atom is -0.469 e. The Morgan fingerprint density at radius 2 is 2.50 bits per heavy atom. The van der Waals surface area contributed by atoms with Crippen LogP contribution in [0.25, 0.3) is 0 Å².